The first-order valence-electron chi connectivity index (χ1n) is 9.46. The van der Waals surface area contributed by atoms with Crippen LogP contribution in [0, 0.1) is 5.41 Å². The number of nitrogens with one attached hydrogen (secondary N) is 1. The molecule has 1 aliphatic heterocycles. The summed E-state index contributed by atoms with van der Waals surface area (Å²) in [4.78, 5) is 27.0. The maximum atomic E-state index is 12.8. The van der Waals surface area contributed by atoms with Gasteiger partial charge in [0, 0.05) is 18.1 Å². The van der Waals surface area contributed by atoms with Crippen molar-refractivity contribution in [2.24, 2.45) is 5.41 Å². The number of likely N-dealkylation sites (tertiary alicyclic amines) is 1. The average Bonchev–Trinajstić information content (AvgIpc) is 3.36. The van der Waals surface area contributed by atoms with Crippen LogP contribution in [-0.2, 0) is 16.1 Å². The molecule has 2 aromatic rings. The van der Waals surface area contributed by atoms with Gasteiger partial charge in [-0.3, -0.25) is 9.59 Å². The Morgan fingerprint density at radius 2 is 2.14 bits per heavy atom. The van der Waals surface area contributed by atoms with E-state index in [-0.39, 0.29) is 12.5 Å². The fraction of sp³-hybridized carbons (Fsp3) is 0.526. The summed E-state index contributed by atoms with van der Waals surface area (Å²) in [5, 5.41) is 24.9. The second kappa shape index (κ2) is 8.46. The van der Waals surface area contributed by atoms with E-state index in [1.165, 1.54) is 15.9 Å². The first kappa shape index (κ1) is 21.2. The van der Waals surface area contributed by atoms with Crippen LogP contribution in [-0.4, -0.2) is 60.7 Å². The number of tetrazole rings is 1. The van der Waals surface area contributed by atoms with Gasteiger partial charge in [-0.25, -0.2) is 4.68 Å². The van der Waals surface area contributed by atoms with Gasteiger partial charge >= 0.3 is 0 Å². The van der Waals surface area contributed by atoms with Gasteiger partial charge in [-0.05, 0) is 52.4 Å². The van der Waals surface area contributed by atoms with Gasteiger partial charge in [0.05, 0.1) is 5.69 Å². The highest BCUT2D eigenvalue weighted by atomic mass is 35.5. The van der Waals surface area contributed by atoms with Crippen molar-refractivity contribution in [3.05, 3.63) is 35.1 Å². The minimum atomic E-state index is -1.16. The molecule has 1 aromatic carbocycles. The van der Waals surface area contributed by atoms with Gasteiger partial charge in [0.15, 0.2) is 0 Å². The third-order valence-electron chi connectivity index (χ3n) is 4.98. The third kappa shape index (κ3) is 4.73. The highest BCUT2D eigenvalue weighted by Gasteiger charge is 2.40. The van der Waals surface area contributed by atoms with Crippen LogP contribution < -0.4 is 5.32 Å². The SMILES string of the molecule is CC(C)(C)C(O)C(=O)N1CCCC1C(=O)NCc1cc(Cl)ccc1-n1cnnn1. The molecule has 0 saturated carbocycles. The van der Waals surface area contributed by atoms with E-state index in [4.69, 9.17) is 11.6 Å². The molecule has 156 valence electrons. The molecule has 1 saturated heterocycles. The lowest BCUT2D eigenvalue weighted by Crippen LogP contribution is -2.51. The zero-order valence-corrected chi connectivity index (χ0v) is 17.4. The molecule has 0 spiro atoms. The highest BCUT2D eigenvalue weighted by Crippen LogP contribution is 2.26. The highest BCUT2D eigenvalue weighted by molar-refractivity contribution is 6.30. The van der Waals surface area contributed by atoms with Crippen molar-refractivity contribution in [3.8, 4) is 5.69 Å². The van der Waals surface area contributed by atoms with Crippen LogP contribution >= 0.6 is 11.6 Å². The quantitative estimate of drug-likeness (QED) is 0.754. The van der Waals surface area contributed by atoms with Crippen LogP contribution in [0.25, 0.3) is 5.69 Å². The summed E-state index contributed by atoms with van der Waals surface area (Å²) in [5.74, 6) is -0.674. The lowest BCUT2D eigenvalue weighted by Gasteiger charge is -2.31. The molecule has 10 heteroatoms. The Morgan fingerprint density at radius 1 is 1.38 bits per heavy atom. The van der Waals surface area contributed by atoms with Crippen LogP contribution in [0.4, 0.5) is 0 Å². The van der Waals surface area contributed by atoms with E-state index in [1.807, 2.05) is 0 Å². The van der Waals surface area contributed by atoms with E-state index in [0.29, 0.717) is 30.1 Å². The zero-order valence-electron chi connectivity index (χ0n) is 16.7. The molecule has 3 rings (SSSR count). The van der Waals surface area contributed by atoms with Crippen LogP contribution in [0.5, 0.6) is 0 Å². The van der Waals surface area contributed by atoms with Gasteiger partial charge in [0.25, 0.3) is 5.91 Å². The zero-order chi connectivity index (χ0) is 21.2. The molecule has 1 fully saturated rings. The normalized spacial score (nSPS) is 18.0. The van der Waals surface area contributed by atoms with E-state index in [0.717, 1.165) is 5.56 Å². The molecule has 2 atom stereocenters. The van der Waals surface area contributed by atoms with Crippen molar-refractivity contribution in [3.63, 3.8) is 0 Å². The van der Waals surface area contributed by atoms with Crippen molar-refractivity contribution in [2.45, 2.75) is 52.3 Å². The van der Waals surface area contributed by atoms with Crippen molar-refractivity contribution in [1.82, 2.24) is 30.4 Å². The average molecular weight is 421 g/mol. The molecule has 2 amide bonds. The topological polar surface area (TPSA) is 113 Å². The summed E-state index contributed by atoms with van der Waals surface area (Å²) >= 11 is 6.11. The molecule has 29 heavy (non-hydrogen) atoms. The lowest BCUT2D eigenvalue weighted by atomic mass is 9.88. The summed E-state index contributed by atoms with van der Waals surface area (Å²) in [6.07, 6.45) is 1.58. The van der Waals surface area contributed by atoms with Gasteiger partial charge in [-0.15, -0.1) is 5.10 Å². The number of hydrogen-bond donors (Lipinski definition) is 2. The molecule has 1 aliphatic rings. The fourth-order valence-electron chi connectivity index (χ4n) is 3.32. The second-order valence-corrected chi connectivity index (χ2v) is 8.64. The Kier molecular flexibility index (Phi) is 6.18. The van der Waals surface area contributed by atoms with Gasteiger partial charge in [0.1, 0.15) is 18.5 Å². The number of aromatic nitrogens is 4. The molecule has 0 bridgehead atoms. The van der Waals surface area contributed by atoms with E-state index in [1.54, 1.807) is 39.0 Å². The van der Waals surface area contributed by atoms with Gasteiger partial charge in [-0.2, -0.15) is 0 Å². The maximum absolute atomic E-state index is 12.8. The summed E-state index contributed by atoms with van der Waals surface area (Å²) in [6.45, 7) is 6.03. The van der Waals surface area contributed by atoms with Crippen molar-refractivity contribution in [1.29, 1.82) is 0 Å². The number of halogens is 1. The van der Waals surface area contributed by atoms with Gasteiger partial charge < -0.3 is 15.3 Å². The number of hydrogen-bond acceptors (Lipinski definition) is 6. The smallest absolute Gasteiger partial charge is 0.252 e. The number of carbonyl (C=O) groups is 2. The molecule has 2 heterocycles. The first-order chi connectivity index (χ1) is 13.7. The number of aliphatic hydroxyl groups excluding tert-OH is 1. The third-order valence-corrected chi connectivity index (χ3v) is 5.22. The van der Waals surface area contributed by atoms with E-state index in [9.17, 15) is 14.7 Å². The predicted molar refractivity (Wildman–Crippen MR) is 106 cm³/mol. The van der Waals surface area contributed by atoms with Crippen molar-refractivity contribution < 1.29 is 14.7 Å². The number of nitrogens with zero attached hydrogens (tertiary/aromatic N) is 5. The minimum absolute atomic E-state index is 0.203. The molecule has 2 N–H and O–H groups in total. The molecular weight excluding hydrogens is 396 g/mol. The molecule has 9 nitrogen and oxygen atoms in total. The van der Waals surface area contributed by atoms with Crippen LogP contribution in [0.3, 0.4) is 0 Å². The monoisotopic (exact) mass is 420 g/mol. The Hall–Kier alpha value is -2.52. The molecule has 2 unspecified atom stereocenters. The second-order valence-electron chi connectivity index (χ2n) is 8.20. The number of carbonyl (C=O) groups excluding carboxylic acids is 2. The Bertz CT molecular complexity index is 881. The first-order valence-corrected chi connectivity index (χ1v) is 9.84. The molecular formula is C19H25ClN6O3. The predicted octanol–water partition coefficient (Wildman–Crippen LogP) is 1.33. The molecule has 0 radical (unpaired) electrons. The summed E-state index contributed by atoms with van der Waals surface area (Å²) in [5.41, 5.74) is 0.841. The lowest BCUT2D eigenvalue weighted by molar-refractivity contribution is -0.149. The van der Waals surface area contributed by atoms with Crippen LogP contribution in [0.2, 0.25) is 5.02 Å². The molecule has 1 aromatic heterocycles. The summed E-state index contributed by atoms with van der Waals surface area (Å²) < 4.78 is 1.49. The Balaban J connectivity index is 1.71. The van der Waals surface area contributed by atoms with Gasteiger partial charge in [0.2, 0.25) is 5.91 Å². The van der Waals surface area contributed by atoms with Gasteiger partial charge in [-0.1, -0.05) is 32.4 Å². The van der Waals surface area contributed by atoms with E-state index < -0.39 is 23.5 Å². The summed E-state index contributed by atoms with van der Waals surface area (Å²) in [6, 6.07) is 4.62. The van der Waals surface area contributed by atoms with E-state index in [2.05, 4.69) is 20.8 Å². The largest absolute Gasteiger partial charge is 0.383 e. The van der Waals surface area contributed by atoms with Crippen molar-refractivity contribution >= 4 is 23.4 Å². The number of amides is 2. The Morgan fingerprint density at radius 3 is 2.79 bits per heavy atom. The Labute approximate surface area is 174 Å². The number of aliphatic hydroxyl groups is 1. The summed E-state index contributed by atoms with van der Waals surface area (Å²) in [7, 11) is 0. The van der Waals surface area contributed by atoms with Crippen molar-refractivity contribution in [2.75, 3.05) is 6.54 Å². The van der Waals surface area contributed by atoms with Crippen LogP contribution in [0.1, 0.15) is 39.2 Å². The fourth-order valence-corrected chi connectivity index (χ4v) is 3.52. The standard InChI is InChI=1S/C19H25ClN6O3/c1-19(2,3)16(27)18(29)25-8-4-5-15(25)17(28)21-10-12-9-13(20)6-7-14(12)26-11-22-23-24-26/h6-7,9,11,15-16,27H,4-5,8,10H2,1-3H3,(H,21,28). The van der Waals surface area contributed by atoms with Crippen LogP contribution in [0.15, 0.2) is 24.5 Å². The number of rotatable bonds is 5. The number of benzene rings is 1. The molecule has 0 aliphatic carbocycles. The maximum Gasteiger partial charge on any atom is 0.252 e. The van der Waals surface area contributed by atoms with E-state index >= 15 is 0 Å². The minimum Gasteiger partial charge on any atom is -0.383 e.